The minimum atomic E-state index is -4.65. The lowest BCUT2D eigenvalue weighted by Crippen LogP contribution is -2.43. The van der Waals surface area contributed by atoms with Crippen LogP contribution in [0.1, 0.15) is 27.0 Å². The second-order valence-corrected chi connectivity index (χ2v) is 7.36. The third-order valence-electron chi connectivity index (χ3n) is 4.90. The number of alkyl halides is 3. The average Bonchev–Trinajstić information content (AvgIpc) is 2.74. The number of benzene rings is 2. The number of nitrogens with one attached hydrogen (secondary N) is 1. The summed E-state index contributed by atoms with van der Waals surface area (Å²) in [6.45, 7) is -0.0880. The molecule has 11 heteroatoms. The second kappa shape index (κ2) is 9.86. The summed E-state index contributed by atoms with van der Waals surface area (Å²) in [5.74, 6) is -4.99. The first-order valence-electron chi connectivity index (χ1n) is 9.79. The molecule has 2 N–H and O–H groups in total. The van der Waals surface area contributed by atoms with Crippen molar-refractivity contribution in [3.8, 4) is 0 Å². The molecule has 0 saturated carbocycles. The topological polar surface area (TPSA) is 88.4 Å². The highest BCUT2D eigenvalue weighted by atomic mass is 19.4. The van der Waals surface area contributed by atoms with E-state index < -0.39 is 52.4 Å². The van der Waals surface area contributed by atoms with E-state index in [4.69, 9.17) is 0 Å². The summed E-state index contributed by atoms with van der Waals surface area (Å²) in [5, 5.41) is 11.5. The largest absolute Gasteiger partial charge is 0.480 e. The van der Waals surface area contributed by atoms with Crippen molar-refractivity contribution in [2.24, 2.45) is 0 Å². The van der Waals surface area contributed by atoms with Gasteiger partial charge in [0.05, 0.1) is 12.1 Å². The van der Waals surface area contributed by atoms with Crippen LogP contribution in [-0.2, 0) is 23.9 Å². The van der Waals surface area contributed by atoms with Crippen LogP contribution < -0.4 is 10.9 Å². The van der Waals surface area contributed by atoms with Crippen molar-refractivity contribution in [2.75, 3.05) is 0 Å². The fourth-order valence-corrected chi connectivity index (χ4v) is 3.25. The molecule has 0 aliphatic heterocycles. The van der Waals surface area contributed by atoms with Gasteiger partial charge in [-0.25, -0.2) is 13.6 Å². The van der Waals surface area contributed by atoms with Crippen LogP contribution in [-0.4, -0.2) is 27.6 Å². The molecule has 3 rings (SSSR count). The zero-order valence-electron chi connectivity index (χ0n) is 17.3. The van der Waals surface area contributed by atoms with Gasteiger partial charge in [0, 0.05) is 18.7 Å². The number of nitrogens with zero attached hydrogens (tertiary/aromatic N) is 1. The summed E-state index contributed by atoms with van der Waals surface area (Å²) < 4.78 is 66.9. The Hall–Kier alpha value is -4.02. The van der Waals surface area contributed by atoms with Crippen molar-refractivity contribution in [2.45, 2.75) is 25.2 Å². The molecule has 6 nitrogen and oxygen atoms in total. The third-order valence-corrected chi connectivity index (χ3v) is 4.90. The number of carbonyl (C=O) groups excluding carboxylic acids is 1. The molecule has 0 bridgehead atoms. The maximum Gasteiger partial charge on any atom is 0.416 e. The summed E-state index contributed by atoms with van der Waals surface area (Å²) in [5.41, 5.74) is -1.98. The normalized spacial score (nSPS) is 12.3. The van der Waals surface area contributed by atoms with E-state index >= 15 is 0 Å². The summed E-state index contributed by atoms with van der Waals surface area (Å²) in [4.78, 5) is 35.9. The standard InChI is InChI=1S/C23H17F5N2O4/c24-16-5-2-6-17(25)20(16)21(32)29-18(22(33)34)10-13-3-1-4-14(9-13)12-30-8-7-15(11-19(30)31)23(26,27)28/h1-9,11,18H,10,12H2,(H,29,32)(H,33,34). The molecular weight excluding hydrogens is 463 g/mol. The number of amides is 1. The summed E-state index contributed by atoms with van der Waals surface area (Å²) >= 11 is 0. The Morgan fingerprint density at radius 2 is 1.59 bits per heavy atom. The molecule has 1 heterocycles. The van der Waals surface area contributed by atoms with Gasteiger partial charge in [0.25, 0.3) is 11.5 Å². The van der Waals surface area contributed by atoms with E-state index in [0.717, 1.165) is 35.0 Å². The van der Waals surface area contributed by atoms with Crippen molar-refractivity contribution in [3.05, 3.63) is 105 Å². The Balaban J connectivity index is 1.77. The Morgan fingerprint density at radius 3 is 2.18 bits per heavy atom. The SMILES string of the molecule is O=C(NC(Cc1cccc(Cn2ccc(C(F)(F)F)cc2=O)c1)C(=O)O)c1c(F)cccc1F. The molecule has 1 aromatic heterocycles. The average molecular weight is 480 g/mol. The Morgan fingerprint density at radius 1 is 0.971 bits per heavy atom. The lowest BCUT2D eigenvalue weighted by Gasteiger charge is -2.16. The molecule has 0 spiro atoms. The molecule has 0 radical (unpaired) electrons. The van der Waals surface area contributed by atoms with Crippen LogP contribution in [0.2, 0.25) is 0 Å². The molecule has 34 heavy (non-hydrogen) atoms. The molecule has 2 aromatic carbocycles. The number of hydrogen-bond donors (Lipinski definition) is 2. The van der Waals surface area contributed by atoms with Crippen molar-refractivity contribution < 1.29 is 36.6 Å². The zero-order valence-corrected chi connectivity index (χ0v) is 17.3. The van der Waals surface area contributed by atoms with E-state index in [2.05, 4.69) is 5.32 Å². The molecule has 178 valence electrons. The monoisotopic (exact) mass is 480 g/mol. The summed E-state index contributed by atoms with van der Waals surface area (Å²) in [6, 6.07) is 8.65. The van der Waals surface area contributed by atoms with Gasteiger partial charge < -0.3 is 15.0 Å². The number of carboxylic acids is 1. The van der Waals surface area contributed by atoms with Crippen molar-refractivity contribution in [1.82, 2.24) is 9.88 Å². The highest BCUT2D eigenvalue weighted by Crippen LogP contribution is 2.27. The van der Waals surface area contributed by atoms with Crippen molar-refractivity contribution in [1.29, 1.82) is 0 Å². The third kappa shape index (κ3) is 5.85. The van der Waals surface area contributed by atoms with Gasteiger partial charge in [0.1, 0.15) is 23.2 Å². The molecule has 3 aromatic rings. The van der Waals surface area contributed by atoms with Gasteiger partial charge in [-0.3, -0.25) is 9.59 Å². The fourth-order valence-electron chi connectivity index (χ4n) is 3.25. The number of rotatable bonds is 7. The van der Waals surface area contributed by atoms with E-state index in [1.807, 2.05) is 0 Å². The first kappa shape index (κ1) is 24.6. The van der Waals surface area contributed by atoms with Gasteiger partial charge >= 0.3 is 12.1 Å². The quantitative estimate of drug-likeness (QED) is 0.506. The molecule has 0 aliphatic carbocycles. The van der Waals surface area contributed by atoms with Crippen LogP contribution in [0.5, 0.6) is 0 Å². The minimum Gasteiger partial charge on any atom is -0.480 e. The van der Waals surface area contributed by atoms with Gasteiger partial charge in [-0.15, -0.1) is 0 Å². The van der Waals surface area contributed by atoms with E-state index in [9.17, 15) is 41.4 Å². The van der Waals surface area contributed by atoms with Gasteiger partial charge in [0.2, 0.25) is 0 Å². The lowest BCUT2D eigenvalue weighted by atomic mass is 10.0. The number of carbonyl (C=O) groups is 2. The predicted molar refractivity (Wildman–Crippen MR) is 110 cm³/mol. The van der Waals surface area contributed by atoms with E-state index in [-0.39, 0.29) is 13.0 Å². The Labute approximate surface area is 189 Å². The highest BCUT2D eigenvalue weighted by Gasteiger charge is 2.31. The number of hydrogen-bond acceptors (Lipinski definition) is 3. The molecule has 1 unspecified atom stereocenters. The molecule has 1 atom stereocenters. The highest BCUT2D eigenvalue weighted by molar-refractivity contribution is 5.97. The van der Waals surface area contributed by atoms with E-state index in [0.29, 0.717) is 17.2 Å². The number of halogens is 5. The van der Waals surface area contributed by atoms with Crippen LogP contribution >= 0.6 is 0 Å². The predicted octanol–water partition coefficient (Wildman–Crippen LogP) is 3.62. The van der Waals surface area contributed by atoms with Gasteiger partial charge in [-0.2, -0.15) is 13.2 Å². The summed E-state index contributed by atoms with van der Waals surface area (Å²) in [7, 11) is 0. The molecule has 0 saturated heterocycles. The smallest absolute Gasteiger partial charge is 0.416 e. The number of pyridine rings is 1. The minimum absolute atomic E-state index is 0.0880. The van der Waals surface area contributed by atoms with Crippen LogP contribution in [0.3, 0.4) is 0 Å². The maximum absolute atomic E-state index is 13.8. The fraction of sp³-hybridized carbons (Fsp3) is 0.174. The lowest BCUT2D eigenvalue weighted by molar-refractivity contribution is -0.139. The van der Waals surface area contributed by atoms with Crippen molar-refractivity contribution in [3.63, 3.8) is 0 Å². The number of aromatic nitrogens is 1. The first-order valence-corrected chi connectivity index (χ1v) is 9.79. The van der Waals surface area contributed by atoms with Crippen LogP contribution in [0, 0.1) is 11.6 Å². The van der Waals surface area contributed by atoms with Crippen LogP contribution in [0.4, 0.5) is 22.0 Å². The van der Waals surface area contributed by atoms with E-state index in [1.165, 1.54) is 18.2 Å². The Kier molecular flexibility index (Phi) is 7.14. The van der Waals surface area contributed by atoms with E-state index in [1.54, 1.807) is 6.07 Å². The van der Waals surface area contributed by atoms with Gasteiger partial charge in [-0.1, -0.05) is 30.3 Å². The molecule has 0 aliphatic rings. The van der Waals surface area contributed by atoms with Gasteiger partial charge in [0.15, 0.2) is 0 Å². The van der Waals surface area contributed by atoms with Crippen LogP contribution in [0.15, 0.2) is 65.6 Å². The first-order chi connectivity index (χ1) is 16.0. The maximum atomic E-state index is 13.8. The van der Waals surface area contributed by atoms with Crippen LogP contribution in [0.25, 0.3) is 0 Å². The summed E-state index contributed by atoms with van der Waals surface area (Å²) in [6.07, 6.45) is -3.91. The number of aliphatic carboxylic acids is 1. The molecular formula is C23H17F5N2O4. The zero-order chi connectivity index (χ0) is 25.0. The van der Waals surface area contributed by atoms with Gasteiger partial charge in [-0.05, 0) is 29.3 Å². The second-order valence-electron chi connectivity index (χ2n) is 7.36. The molecule has 0 fully saturated rings. The van der Waals surface area contributed by atoms with Crippen molar-refractivity contribution >= 4 is 11.9 Å². The Bertz CT molecular complexity index is 1270. The number of carboxylic acid groups (broad SMARTS) is 1. The molecule has 1 amide bonds.